The molecular weight excluding hydrogens is 258 g/mol. The second kappa shape index (κ2) is 7.47. The van der Waals surface area contributed by atoms with Crippen LogP contribution < -0.4 is 5.32 Å². The van der Waals surface area contributed by atoms with Gasteiger partial charge in [0.05, 0.1) is 6.61 Å². The molecule has 1 fully saturated rings. The molecule has 0 aromatic carbocycles. The summed E-state index contributed by atoms with van der Waals surface area (Å²) in [7, 11) is 3.48. The van der Waals surface area contributed by atoms with Gasteiger partial charge in [-0.1, -0.05) is 6.92 Å². The Labute approximate surface area is 121 Å². The Balaban J connectivity index is 2.70. The predicted octanol–water partition coefficient (Wildman–Crippen LogP) is 1.07. The van der Waals surface area contributed by atoms with Crippen LogP contribution in [-0.4, -0.2) is 67.7 Å². The van der Waals surface area contributed by atoms with Crippen molar-refractivity contribution < 1.29 is 14.3 Å². The molecular formula is C14H27N3O3. The van der Waals surface area contributed by atoms with Crippen LogP contribution in [0.2, 0.25) is 0 Å². The number of carbonyl (C=O) groups excluding carboxylic acids is 2. The van der Waals surface area contributed by atoms with E-state index in [0.29, 0.717) is 32.5 Å². The zero-order valence-corrected chi connectivity index (χ0v) is 13.1. The number of esters is 1. The molecule has 0 aromatic heterocycles. The maximum Gasteiger partial charge on any atom is 0.326 e. The third-order valence-electron chi connectivity index (χ3n) is 3.65. The van der Waals surface area contributed by atoms with E-state index in [-0.39, 0.29) is 12.0 Å². The van der Waals surface area contributed by atoms with Gasteiger partial charge in [-0.2, -0.15) is 0 Å². The maximum atomic E-state index is 12.2. The number of urea groups is 1. The molecule has 2 amide bonds. The van der Waals surface area contributed by atoms with Gasteiger partial charge in [0.1, 0.15) is 5.54 Å². The second-order valence-electron chi connectivity index (χ2n) is 5.39. The van der Waals surface area contributed by atoms with Gasteiger partial charge >= 0.3 is 12.0 Å². The molecule has 0 atom stereocenters. The number of hydrogen-bond acceptors (Lipinski definition) is 4. The minimum Gasteiger partial charge on any atom is -0.465 e. The third-order valence-corrected chi connectivity index (χ3v) is 3.65. The fourth-order valence-corrected chi connectivity index (χ4v) is 2.45. The summed E-state index contributed by atoms with van der Waals surface area (Å²) in [5.41, 5.74) is -0.630. The van der Waals surface area contributed by atoms with Crippen molar-refractivity contribution in [2.45, 2.75) is 38.6 Å². The van der Waals surface area contributed by atoms with Gasteiger partial charge in [0.15, 0.2) is 0 Å². The Kier molecular flexibility index (Phi) is 6.26. The maximum absolute atomic E-state index is 12.2. The van der Waals surface area contributed by atoms with Gasteiger partial charge in [-0.25, -0.2) is 4.79 Å². The fourth-order valence-electron chi connectivity index (χ4n) is 2.45. The summed E-state index contributed by atoms with van der Waals surface area (Å²) >= 11 is 0. The van der Waals surface area contributed by atoms with Gasteiger partial charge < -0.3 is 19.9 Å². The quantitative estimate of drug-likeness (QED) is 0.767. The number of nitrogens with zero attached hydrogens (tertiary/aromatic N) is 2. The number of carbonyl (C=O) groups is 2. The van der Waals surface area contributed by atoms with Crippen LogP contribution in [0.15, 0.2) is 0 Å². The van der Waals surface area contributed by atoms with E-state index in [1.54, 1.807) is 23.9 Å². The van der Waals surface area contributed by atoms with Crippen LogP contribution in [0.5, 0.6) is 0 Å². The molecule has 1 saturated heterocycles. The molecule has 0 spiro atoms. The molecule has 6 heteroatoms. The first kappa shape index (κ1) is 16.8. The Hall–Kier alpha value is -1.30. The molecule has 0 bridgehead atoms. The molecule has 0 aliphatic carbocycles. The van der Waals surface area contributed by atoms with E-state index in [4.69, 9.17) is 4.74 Å². The van der Waals surface area contributed by atoms with Gasteiger partial charge in [0.25, 0.3) is 0 Å². The summed E-state index contributed by atoms with van der Waals surface area (Å²) in [6, 6.07) is -0.00190. The van der Waals surface area contributed by atoms with Crippen molar-refractivity contribution in [3.8, 4) is 0 Å². The predicted molar refractivity (Wildman–Crippen MR) is 77.5 cm³/mol. The topological polar surface area (TPSA) is 61.9 Å². The van der Waals surface area contributed by atoms with Gasteiger partial charge in [0, 0.05) is 27.2 Å². The van der Waals surface area contributed by atoms with Crippen molar-refractivity contribution in [2.24, 2.45) is 0 Å². The molecule has 0 unspecified atom stereocenters. The smallest absolute Gasteiger partial charge is 0.326 e. The van der Waals surface area contributed by atoms with E-state index < -0.39 is 5.54 Å². The number of hydrogen-bond donors (Lipinski definition) is 1. The first-order valence-corrected chi connectivity index (χ1v) is 7.35. The first-order valence-electron chi connectivity index (χ1n) is 7.35. The van der Waals surface area contributed by atoms with Crippen molar-refractivity contribution in [2.75, 3.05) is 40.3 Å². The lowest BCUT2D eigenvalue weighted by Gasteiger charge is -2.41. The van der Waals surface area contributed by atoms with Gasteiger partial charge in [0.2, 0.25) is 0 Å². The van der Waals surface area contributed by atoms with Gasteiger partial charge in [-0.15, -0.1) is 0 Å². The minimum atomic E-state index is -0.630. The van der Waals surface area contributed by atoms with Crippen molar-refractivity contribution in [1.82, 2.24) is 15.1 Å². The molecule has 1 N–H and O–H groups in total. The van der Waals surface area contributed by atoms with Crippen LogP contribution in [0, 0.1) is 0 Å². The Morgan fingerprint density at radius 3 is 2.30 bits per heavy atom. The molecule has 0 radical (unpaired) electrons. The highest BCUT2D eigenvalue weighted by atomic mass is 16.5. The fraction of sp³-hybridized carbons (Fsp3) is 0.857. The SMILES string of the molecule is CCCNC1(C(=O)OCC)CCN(C(=O)N(C)C)CC1. The average Bonchev–Trinajstić information content (AvgIpc) is 2.45. The van der Waals surface area contributed by atoms with Crippen LogP contribution in [0.4, 0.5) is 4.79 Å². The van der Waals surface area contributed by atoms with E-state index in [2.05, 4.69) is 12.2 Å². The van der Waals surface area contributed by atoms with E-state index >= 15 is 0 Å². The van der Waals surface area contributed by atoms with Crippen LogP contribution in [0.25, 0.3) is 0 Å². The minimum absolute atomic E-state index is 0.00190. The zero-order valence-electron chi connectivity index (χ0n) is 13.1. The summed E-state index contributed by atoms with van der Waals surface area (Å²) in [6.07, 6.45) is 2.17. The third kappa shape index (κ3) is 3.85. The highest BCUT2D eigenvalue weighted by Crippen LogP contribution is 2.24. The van der Waals surface area contributed by atoms with Crippen molar-refractivity contribution in [3.05, 3.63) is 0 Å². The van der Waals surface area contributed by atoms with Crippen LogP contribution >= 0.6 is 0 Å². The van der Waals surface area contributed by atoms with E-state index in [9.17, 15) is 9.59 Å². The first-order chi connectivity index (χ1) is 9.46. The van der Waals surface area contributed by atoms with Crippen molar-refractivity contribution >= 4 is 12.0 Å². The lowest BCUT2D eigenvalue weighted by Crippen LogP contribution is -2.60. The number of amides is 2. The summed E-state index contributed by atoms with van der Waals surface area (Å²) < 4.78 is 5.21. The molecule has 1 aliphatic heterocycles. The van der Waals surface area contributed by atoms with Crippen molar-refractivity contribution in [3.63, 3.8) is 0 Å². The molecule has 6 nitrogen and oxygen atoms in total. The van der Waals surface area contributed by atoms with Crippen molar-refractivity contribution in [1.29, 1.82) is 0 Å². The van der Waals surface area contributed by atoms with Crippen LogP contribution in [-0.2, 0) is 9.53 Å². The number of rotatable bonds is 5. The molecule has 20 heavy (non-hydrogen) atoms. The molecule has 116 valence electrons. The lowest BCUT2D eigenvalue weighted by atomic mass is 9.87. The number of ether oxygens (including phenoxy) is 1. The van der Waals surface area contributed by atoms with E-state index in [1.807, 2.05) is 6.92 Å². The Morgan fingerprint density at radius 2 is 1.85 bits per heavy atom. The molecule has 0 saturated carbocycles. The Bertz CT molecular complexity index is 337. The average molecular weight is 285 g/mol. The largest absolute Gasteiger partial charge is 0.465 e. The number of likely N-dealkylation sites (tertiary alicyclic amines) is 1. The second-order valence-corrected chi connectivity index (χ2v) is 5.39. The van der Waals surface area contributed by atoms with Crippen LogP contribution in [0.1, 0.15) is 33.1 Å². The highest BCUT2D eigenvalue weighted by Gasteiger charge is 2.43. The molecule has 0 aromatic rings. The Morgan fingerprint density at radius 1 is 1.25 bits per heavy atom. The number of nitrogens with one attached hydrogen (secondary N) is 1. The van der Waals surface area contributed by atoms with E-state index in [0.717, 1.165) is 13.0 Å². The van der Waals surface area contributed by atoms with E-state index in [1.165, 1.54) is 0 Å². The highest BCUT2D eigenvalue weighted by molar-refractivity contribution is 5.82. The molecule has 1 rings (SSSR count). The summed E-state index contributed by atoms with van der Waals surface area (Å²) in [5, 5.41) is 3.33. The summed E-state index contributed by atoms with van der Waals surface area (Å²) in [6.45, 7) is 6.20. The molecule has 1 aliphatic rings. The lowest BCUT2D eigenvalue weighted by molar-refractivity contribution is -0.153. The monoisotopic (exact) mass is 285 g/mol. The zero-order chi connectivity index (χ0) is 15.2. The molecule has 1 heterocycles. The number of piperidine rings is 1. The summed E-state index contributed by atoms with van der Waals surface area (Å²) in [4.78, 5) is 27.5. The normalized spacial score (nSPS) is 17.7. The van der Waals surface area contributed by atoms with Gasteiger partial charge in [-0.05, 0) is 32.7 Å². The summed E-state index contributed by atoms with van der Waals surface area (Å²) in [5.74, 6) is -0.189. The van der Waals surface area contributed by atoms with Crippen LogP contribution in [0.3, 0.4) is 0 Å². The standard InChI is InChI=1S/C14H27N3O3/c1-5-9-15-14(12(18)20-6-2)7-10-17(11-8-14)13(19)16(3)4/h15H,5-11H2,1-4H3. The van der Waals surface area contributed by atoms with Gasteiger partial charge in [-0.3, -0.25) is 4.79 Å².